The fourth-order valence-corrected chi connectivity index (χ4v) is 4.75. The van der Waals surface area contributed by atoms with Crippen LogP contribution < -0.4 is 14.5 Å². The molecule has 0 atom stereocenters. The summed E-state index contributed by atoms with van der Waals surface area (Å²) >= 11 is 1.18. The Balaban J connectivity index is 1.75. The van der Waals surface area contributed by atoms with Gasteiger partial charge < -0.3 is 9.63 Å². The van der Waals surface area contributed by atoms with E-state index in [0.29, 0.717) is 11.2 Å². The standard InChI is InChI=1S/C17H14N4O4S2/c1-10-3-6-12(7-4-10)21-15(16(22)25-20-21)27(23,24)19-17-18-13-9-11(2)5-8-14(13)26-17/h3-9H,1-2H3,(H-,18,19,20,22). The van der Waals surface area contributed by atoms with Gasteiger partial charge in [-0.25, -0.2) is 9.71 Å². The molecular formula is C17H14N4O4S2. The quantitative estimate of drug-likeness (QED) is 0.523. The van der Waals surface area contributed by atoms with Crippen LogP contribution in [0.15, 0.2) is 52.0 Å². The zero-order chi connectivity index (χ0) is 19.2. The molecule has 0 aliphatic heterocycles. The maximum absolute atomic E-state index is 12.8. The number of fused-ring (bicyclic) bond motifs is 1. The zero-order valence-electron chi connectivity index (χ0n) is 14.3. The van der Waals surface area contributed by atoms with Gasteiger partial charge in [-0.05, 0) is 36.2 Å². The molecule has 0 saturated heterocycles. The molecule has 0 saturated carbocycles. The van der Waals surface area contributed by atoms with Crippen LogP contribution in [0.5, 0.6) is 5.95 Å². The molecule has 1 N–H and O–H groups in total. The van der Waals surface area contributed by atoms with Crippen LogP contribution >= 0.6 is 11.3 Å². The van der Waals surface area contributed by atoms with E-state index in [1.165, 1.54) is 11.3 Å². The van der Waals surface area contributed by atoms with Gasteiger partial charge >= 0.3 is 15.0 Å². The lowest BCUT2D eigenvalue weighted by atomic mass is 10.2. The minimum atomic E-state index is -4.26. The number of nitrogens with one attached hydrogen (secondary N) is 1. The molecule has 0 unspecified atom stereocenters. The number of aryl methyl sites for hydroxylation is 2. The van der Waals surface area contributed by atoms with E-state index in [1.807, 2.05) is 32.0 Å². The van der Waals surface area contributed by atoms with Crippen molar-refractivity contribution in [3.05, 3.63) is 53.6 Å². The van der Waals surface area contributed by atoms with E-state index in [9.17, 15) is 13.5 Å². The predicted octanol–water partition coefficient (Wildman–Crippen LogP) is 2.05. The van der Waals surface area contributed by atoms with E-state index >= 15 is 0 Å². The third-order valence-corrected chi connectivity index (χ3v) is 6.26. The zero-order valence-corrected chi connectivity index (χ0v) is 16.0. The van der Waals surface area contributed by atoms with Crippen molar-refractivity contribution < 1.29 is 22.7 Å². The third kappa shape index (κ3) is 3.24. The van der Waals surface area contributed by atoms with Crippen molar-refractivity contribution in [2.24, 2.45) is 0 Å². The second-order valence-electron chi connectivity index (χ2n) is 6.01. The van der Waals surface area contributed by atoms with E-state index in [1.54, 1.807) is 24.3 Å². The summed E-state index contributed by atoms with van der Waals surface area (Å²) in [4.78, 5) is 4.28. The number of hydrogen-bond acceptors (Lipinski definition) is 7. The van der Waals surface area contributed by atoms with Gasteiger partial charge in [0.2, 0.25) is 5.69 Å². The van der Waals surface area contributed by atoms with Gasteiger partial charge in [0.25, 0.3) is 0 Å². The van der Waals surface area contributed by atoms with Crippen molar-refractivity contribution in [3.63, 3.8) is 0 Å². The van der Waals surface area contributed by atoms with Crippen molar-refractivity contribution in [1.82, 2.24) is 10.3 Å². The average Bonchev–Trinajstić information content (AvgIpc) is 3.18. The van der Waals surface area contributed by atoms with Gasteiger partial charge in [0.05, 0.1) is 15.5 Å². The molecule has 0 bridgehead atoms. The molecule has 138 valence electrons. The summed E-state index contributed by atoms with van der Waals surface area (Å²) in [5, 5.41) is 15.2. The fourth-order valence-electron chi connectivity index (χ4n) is 2.56. The lowest BCUT2D eigenvalue weighted by molar-refractivity contribution is -0.706. The number of anilines is 1. The Morgan fingerprint density at radius 1 is 1.11 bits per heavy atom. The largest absolute Gasteiger partial charge is 0.538 e. The molecule has 4 aromatic rings. The molecule has 2 heterocycles. The second-order valence-corrected chi connectivity index (χ2v) is 8.64. The van der Waals surface area contributed by atoms with E-state index < -0.39 is 21.0 Å². The van der Waals surface area contributed by atoms with Crippen LogP contribution in [0.25, 0.3) is 15.9 Å². The summed E-state index contributed by atoms with van der Waals surface area (Å²) in [7, 11) is -4.26. The highest BCUT2D eigenvalue weighted by atomic mass is 32.2. The Bertz CT molecular complexity index is 1240. The number of rotatable bonds is 4. The molecule has 10 heteroatoms. The number of hydrogen-bond donors (Lipinski definition) is 1. The lowest BCUT2D eigenvalue weighted by Crippen LogP contribution is -2.40. The van der Waals surface area contributed by atoms with E-state index in [4.69, 9.17) is 0 Å². The van der Waals surface area contributed by atoms with Crippen LogP contribution in [0.4, 0.5) is 5.13 Å². The van der Waals surface area contributed by atoms with Crippen molar-refractivity contribution >= 4 is 36.7 Å². The summed E-state index contributed by atoms with van der Waals surface area (Å²) in [6, 6.07) is 12.5. The second kappa shape index (κ2) is 6.32. The van der Waals surface area contributed by atoms with Crippen molar-refractivity contribution in [3.8, 4) is 11.6 Å². The molecule has 0 fully saturated rings. The number of thiazole rings is 1. The molecule has 2 aromatic carbocycles. The van der Waals surface area contributed by atoms with Crippen molar-refractivity contribution in [2.75, 3.05) is 4.72 Å². The number of aromatic nitrogens is 3. The molecule has 0 radical (unpaired) electrons. The van der Waals surface area contributed by atoms with Gasteiger partial charge in [-0.2, -0.15) is 8.42 Å². The van der Waals surface area contributed by atoms with Gasteiger partial charge in [-0.3, -0.25) is 0 Å². The SMILES string of the molecule is Cc1ccc(-[n+]2noc([O-])c2S(=O)(=O)Nc2nc3cc(C)ccc3s2)cc1. The lowest BCUT2D eigenvalue weighted by Gasteiger charge is -2.02. The maximum atomic E-state index is 12.8. The molecule has 4 rings (SSSR count). The predicted molar refractivity (Wildman–Crippen MR) is 97.4 cm³/mol. The van der Waals surface area contributed by atoms with Gasteiger partial charge in [-0.1, -0.05) is 35.1 Å². The first-order valence-corrected chi connectivity index (χ1v) is 10.2. The van der Waals surface area contributed by atoms with Crippen molar-refractivity contribution in [2.45, 2.75) is 18.9 Å². The Kier molecular flexibility index (Phi) is 4.08. The molecule has 0 aliphatic rings. The number of nitrogens with zero attached hydrogens (tertiary/aromatic N) is 3. The Morgan fingerprint density at radius 3 is 2.56 bits per heavy atom. The van der Waals surface area contributed by atoms with Gasteiger partial charge in [0.15, 0.2) is 11.1 Å². The molecule has 8 nitrogen and oxygen atoms in total. The van der Waals surface area contributed by atoms with Crippen LogP contribution in [0.2, 0.25) is 0 Å². The molecule has 27 heavy (non-hydrogen) atoms. The van der Waals surface area contributed by atoms with Crippen LogP contribution in [0, 0.1) is 13.8 Å². The van der Waals surface area contributed by atoms with Gasteiger partial charge in [0.1, 0.15) is 0 Å². The van der Waals surface area contributed by atoms with Crippen LogP contribution in [0.1, 0.15) is 11.1 Å². The normalized spacial score (nSPS) is 11.8. The van der Waals surface area contributed by atoms with Crippen LogP contribution in [-0.4, -0.2) is 18.7 Å². The minimum Gasteiger partial charge on any atom is -0.538 e. The van der Waals surface area contributed by atoms with Gasteiger partial charge in [0, 0.05) is 12.1 Å². The van der Waals surface area contributed by atoms with E-state index in [2.05, 4.69) is 19.5 Å². The first-order valence-electron chi connectivity index (χ1n) is 7.89. The molecule has 0 aliphatic carbocycles. The first kappa shape index (κ1) is 17.4. The summed E-state index contributed by atoms with van der Waals surface area (Å²) in [5.74, 6) is -1.06. The summed E-state index contributed by atoms with van der Waals surface area (Å²) < 4.78 is 34.4. The smallest absolute Gasteiger partial charge is 0.373 e. The van der Waals surface area contributed by atoms with E-state index in [0.717, 1.165) is 20.5 Å². The maximum Gasteiger partial charge on any atom is 0.373 e. The molecule has 0 spiro atoms. The molecular weight excluding hydrogens is 388 g/mol. The third-order valence-electron chi connectivity index (χ3n) is 3.87. The fraction of sp³-hybridized carbons (Fsp3) is 0.118. The summed E-state index contributed by atoms with van der Waals surface area (Å²) in [5.41, 5.74) is 3.07. The highest BCUT2D eigenvalue weighted by Crippen LogP contribution is 2.29. The Labute approximate surface area is 158 Å². The van der Waals surface area contributed by atoms with Crippen molar-refractivity contribution in [1.29, 1.82) is 0 Å². The number of sulfonamides is 1. The highest BCUT2D eigenvalue weighted by Gasteiger charge is 2.34. The highest BCUT2D eigenvalue weighted by molar-refractivity contribution is 7.92. The summed E-state index contributed by atoms with van der Waals surface area (Å²) in [6.07, 6.45) is 0. The monoisotopic (exact) mass is 402 g/mol. The van der Waals surface area contributed by atoms with Crippen LogP contribution in [0.3, 0.4) is 0 Å². The van der Waals surface area contributed by atoms with Gasteiger partial charge in [-0.15, -0.1) is 0 Å². The Hall–Kier alpha value is -2.98. The molecule has 2 aromatic heterocycles. The number of benzene rings is 2. The Morgan fingerprint density at radius 2 is 1.81 bits per heavy atom. The topological polar surface area (TPSA) is 112 Å². The van der Waals surface area contributed by atoms with E-state index in [-0.39, 0.29) is 5.13 Å². The minimum absolute atomic E-state index is 0.159. The summed E-state index contributed by atoms with van der Waals surface area (Å²) in [6.45, 7) is 3.82. The first-order chi connectivity index (χ1) is 12.8. The van der Waals surface area contributed by atoms with Crippen LogP contribution in [-0.2, 0) is 10.0 Å². The molecule has 0 amide bonds. The average molecular weight is 402 g/mol.